The molecule has 1 amide bonds. The highest BCUT2D eigenvalue weighted by molar-refractivity contribution is 9.10. The molecule has 0 saturated carbocycles. The number of aromatic nitrogens is 4. The van der Waals surface area contributed by atoms with E-state index in [4.69, 9.17) is 0 Å². The van der Waals surface area contributed by atoms with E-state index < -0.39 is 0 Å². The highest BCUT2D eigenvalue weighted by Gasteiger charge is 2.21. The lowest BCUT2D eigenvalue weighted by molar-refractivity contribution is 0.0770. The molecule has 0 saturated heterocycles. The summed E-state index contributed by atoms with van der Waals surface area (Å²) in [6, 6.07) is 5.83. The van der Waals surface area contributed by atoms with Crippen LogP contribution >= 0.6 is 15.9 Å². The summed E-state index contributed by atoms with van der Waals surface area (Å²) >= 11 is 3.39. The van der Waals surface area contributed by atoms with Gasteiger partial charge in [-0.05, 0) is 35.0 Å². The molecular weight excluding hydrogens is 346 g/mol. The summed E-state index contributed by atoms with van der Waals surface area (Å²) in [5.74, 6) is -0.0803. The largest absolute Gasteiger partial charge is 0.334 e. The number of carbonyl (C=O) groups is 1. The van der Waals surface area contributed by atoms with E-state index >= 15 is 0 Å². The summed E-state index contributed by atoms with van der Waals surface area (Å²) in [5, 5.41) is 4.18. The molecule has 3 heterocycles. The third-order valence-electron chi connectivity index (χ3n) is 3.46. The van der Waals surface area contributed by atoms with E-state index in [-0.39, 0.29) is 5.91 Å². The van der Waals surface area contributed by atoms with Gasteiger partial charge in [0.05, 0.1) is 22.9 Å². The second kappa shape index (κ2) is 5.92. The minimum atomic E-state index is -0.0803. The van der Waals surface area contributed by atoms with Crippen LogP contribution in [0, 0.1) is 0 Å². The zero-order valence-electron chi connectivity index (χ0n) is 12.4. The minimum absolute atomic E-state index is 0.0803. The molecule has 7 heteroatoms. The quantitative estimate of drug-likeness (QED) is 0.717. The van der Waals surface area contributed by atoms with Gasteiger partial charge in [0.2, 0.25) is 0 Å². The summed E-state index contributed by atoms with van der Waals surface area (Å²) in [6.45, 7) is 3.05. The van der Waals surface area contributed by atoms with Gasteiger partial charge < -0.3 is 9.30 Å². The van der Waals surface area contributed by atoms with Crippen LogP contribution in [0.25, 0.3) is 5.65 Å². The molecule has 0 fully saturated rings. The SMILES string of the molecule is CCn1ncc(Br)c1C(=O)N(C)Cc1cn2ccccc2n1. The fourth-order valence-corrected chi connectivity index (χ4v) is 2.84. The first kappa shape index (κ1) is 14.8. The normalized spacial score (nSPS) is 11.0. The number of hydrogen-bond acceptors (Lipinski definition) is 3. The Labute approximate surface area is 136 Å². The lowest BCUT2D eigenvalue weighted by Gasteiger charge is -2.16. The summed E-state index contributed by atoms with van der Waals surface area (Å²) in [4.78, 5) is 18.8. The van der Waals surface area contributed by atoms with Crippen molar-refractivity contribution in [2.45, 2.75) is 20.0 Å². The summed E-state index contributed by atoms with van der Waals surface area (Å²) in [6.07, 6.45) is 5.52. The Morgan fingerprint density at radius 3 is 2.95 bits per heavy atom. The molecule has 0 aliphatic carbocycles. The predicted octanol–water partition coefficient (Wildman–Crippen LogP) is 2.59. The van der Waals surface area contributed by atoms with Gasteiger partial charge in [-0.1, -0.05) is 6.07 Å². The fourth-order valence-electron chi connectivity index (χ4n) is 2.37. The van der Waals surface area contributed by atoms with Crippen molar-refractivity contribution in [1.29, 1.82) is 0 Å². The summed E-state index contributed by atoms with van der Waals surface area (Å²) < 4.78 is 4.34. The molecule has 0 spiro atoms. The zero-order chi connectivity index (χ0) is 15.7. The third-order valence-corrected chi connectivity index (χ3v) is 4.04. The highest BCUT2D eigenvalue weighted by atomic mass is 79.9. The van der Waals surface area contributed by atoms with Crippen LogP contribution in [0.1, 0.15) is 23.1 Å². The average Bonchev–Trinajstić information content (AvgIpc) is 3.08. The maximum Gasteiger partial charge on any atom is 0.273 e. The first-order valence-corrected chi connectivity index (χ1v) is 7.79. The summed E-state index contributed by atoms with van der Waals surface area (Å²) in [7, 11) is 1.77. The molecule has 0 radical (unpaired) electrons. The number of amides is 1. The highest BCUT2D eigenvalue weighted by Crippen LogP contribution is 2.18. The minimum Gasteiger partial charge on any atom is -0.334 e. The zero-order valence-corrected chi connectivity index (χ0v) is 14.0. The lowest BCUT2D eigenvalue weighted by Crippen LogP contribution is -2.29. The van der Waals surface area contributed by atoms with Crippen molar-refractivity contribution in [2.24, 2.45) is 0 Å². The Morgan fingerprint density at radius 2 is 2.23 bits per heavy atom. The molecule has 3 aromatic heterocycles. The predicted molar refractivity (Wildman–Crippen MR) is 86.6 cm³/mol. The van der Waals surface area contributed by atoms with Crippen LogP contribution < -0.4 is 0 Å². The van der Waals surface area contributed by atoms with Crippen LogP contribution in [0.5, 0.6) is 0 Å². The Kier molecular flexibility index (Phi) is 3.98. The number of pyridine rings is 1. The van der Waals surface area contributed by atoms with E-state index in [0.717, 1.165) is 11.3 Å². The number of rotatable bonds is 4. The van der Waals surface area contributed by atoms with Gasteiger partial charge in [0, 0.05) is 26.0 Å². The molecule has 0 unspecified atom stereocenters. The monoisotopic (exact) mass is 361 g/mol. The second-order valence-corrected chi connectivity index (χ2v) is 5.87. The van der Waals surface area contributed by atoms with E-state index in [1.165, 1.54) is 0 Å². The van der Waals surface area contributed by atoms with Crippen molar-refractivity contribution < 1.29 is 4.79 Å². The number of halogens is 1. The molecule has 0 aliphatic heterocycles. The van der Waals surface area contributed by atoms with Gasteiger partial charge >= 0.3 is 0 Å². The molecule has 3 rings (SSSR count). The van der Waals surface area contributed by atoms with Gasteiger partial charge in [-0.3, -0.25) is 9.48 Å². The van der Waals surface area contributed by atoms with Crippen LogP contribution in [0.3, 0.4) is 0 Å². The van der Waals surface area contributed by atoms with E-state index in [1.54, 1.807) is 22.8 Å². The van der Waals surface area contributed by atoms with E-state index in [2.05, 4.69) is 26.0 Å². The number of imidazole rings is 1. The number of fused-ring (bicyclic) bond motifs is 1. The van der Waals surface area contributed by atoms with Gasteiger partial charge in [-0.25, -0.2) is 4.98 Å². The molecule has 6 nitrogen and oxygen atoms in total. The molecule has 114 valence electrons. The van der Waals surface area contributed by atoms with Gasteiger partial charge in [-0.15, -0.1) is 0 Å². The van der Waals surface area contributed by atoms with Crippen molar-refractivity contribution in [3.8, 4) is 0 Å². The van der Waals surface area contributed by atoms with Crippen molar-refractivity contribution in [3.05, 3.63) is 52.7 Å². The molecular formula is C15H16BrN5O. The third kappa shape index (κ3) is 2.64. The number of hydrogen-bond donors (Lipinski definition) is 0. The van der Waals surface area contributed by atoms with Crippen molar-refractivity contribution in [3.63, 3.8) is 0 Å². The van der Waals surface area contributed by atoms with Gasteiger partial charge in [0.25, 0.3) is 5.91 Å². The van der Waals surface area contributed by atoms with Crippen LogP contribution in [0.2, 0.25) is 0 Å². The Bertz CT molecular complexity index is 789. The molecule has 22 heavy (non-hydrogen) atoms. The number of aryl methyl sites for hydroxylation is 1. The van der Waals surface area contributed by atoms with E-state index in [1.807, 2.05) is 41.9 Å². The molecule has 0 aliphatic rings. The van der Waals surface area contributed by atoms with Crippen LogP contribution in [-0.2, 0) is 13.1 Å². The smallest absolute Gasteiger partial charge is 0.273 e. The average molecular weight is 362 g/mol. The fraction of sp³-hybridized carbons (Fsp3) is 0.267. The van der Waals surface area contributed by atoms with Crippen LogP contribution in [-0.4, -0.2) is 37.0 Å². The number of nitrogens with zero attached hydrogens (tertiary/aromatic N) is 5. The van der Waals surface area contributed by atoms with Gasteiger partial charge in [0.15, 0.2) is 0 Å². The van der Waals surface area contributed by atoms with Crippen LogP contribution in [0.15, 0.2) is 41.3 Å². The van der Waals surface area contributed by atoms with Crippen molar-refractivity contribution >= 4 is 27.5 Å². The van der Waals surface area contributed by atoms with Gasteiger partial charge in [0.1, 0.15) is 11.3 Å². The maximum absolute atomic E-state index is 12.6. The van der Waals surface area contributed by atoms with Gasteiger partial charge in [-0.2, -0.15) is 5.10 Å². The molecule has 0 aromatic carbocycles. The van der Waals surface area contributed by atoms with E-state index in [0.29, 0.717) is 23.3 Å². The first-order chi connectivity index (χ1) is 10.6. The maximum atomic E-state index is 12.6. The number of carbonyl (C=O) groups excluding carboxylic acids is 1. The van der Waals surface area contributed by atoms with E-state index in [9.17, 15) is 4.79 Å². The Hall–Kier alpha value is -2.15. The molecule has 0 bridgehead atoms. The van der Waals surface area contributed by atoms with Crippen LogP contribution in [0.4, 0.5) is 0 Å². The first-order valence-electron chi connectivity index (χ1n) is 6.99. The Balaban J connectivity index is 1.82. The lowest BCUT2D eigenvalue weighted by atomic mass is 10.3. The standard InChI is InChI=1S/C15H16BrN5O/c1-3-21-14(12(16)8-17-21)15(22)19(2)9-11-10-20-7-5-4-6-13(20)18-11/h4-8,10H,3,9H2,1-2H3. The molecule has 0 N–H and O–H groups in total. The second-order valence-electron chi connectivity index (χ2n) is 5.02. The summed E-state index contributed by atoms with van der Waals surface area (Å²) in [5.41, 5.74) is 2.28. The van der Waals surface area contributed by atoms with Crippen molar-refractivity contribution in [1.82, 2.24) is 24.1 Å². The topological polar surface area (TPSA) is 55.4 Å². The van der Waals surface area contributed by atoms with Crippen molar-refractivity contribution in [2.75, 3.05) is 7.05 Å². The molecule has 0 atom stereocenters. The Morgan fingerprint density at radius 1 is 1.41 bits per heavy atom. The molecule has 3 aromatic rings.